The van der Waals surface area contributed by atoms with Gasteiger partial charge in [0.2, 0.25) is 11.9 Å². The summed E-state index contributed by atoms with van der Waals surface area (Å²) in [5, 5.41) is 3.19. The van der Waals surface area contributed by atoms with Crippen LogP contribution >= 0.6 is 0 Å². The van der Waals surface area contributed by atoms with Crippen molar-refractivity contribution in [3.8, 4) is 0 Å². The second-order valence-electron chi connectivity index (χ2n) is 6.59. The van der Waals surface area contributed by atoms with E-state index in [4.69, 9.17) is 0 Å². The Balaban J connectivity index is 1.78. The van der Waals surface area contributed by atoms with Gasteiger partial charge in [-0.25, -0.2) is 9.97 Å². The molecule has 1 saturated heterocycles. The summed E-state index contributed by atoms with van der Waals surface area (Å²) >= 11 is 0. The van der Waals surface area contributed by atoms with Gasteiger partial charge in [-0.3, -0.25) is 4.79 Å². The lowest BCUT2D eigenvalue weighted by atomic mass is 9.96. The summed E-state index contributed by atoms with van der Waals surface area (Å²) in [5.74, 6) is 0.969. The number of anilines is 1. The molecule has 0 aliphatic carbocycles. The van der Waals surface area contributed by atoms with Crippen molar-refractivity contribution in [3.05, 3.63) is 18.5 Å². The molecule has 1 aromatic rings. The van der Waals surface area contributed by atoms with Crippen molar-refractivity contribution in [2.45, 2.75) is 64.8 Å². The third kappa shape index (κ3) is 5.81. The second-order valence-corrected chi connectivity index (χ2v) is 6.59. The highest BCUT2D eigenvalue weighted by atomic mass is 16.2. The number of nitrogens with zero attached hydrogens (tertiary/aromatic N) is 3. The van der Waals surface area contributed by atoms with Crippen molar-refractivity contribution in [2.24, 2.45) is 5.92 Å². The van der Waals surface area contributed by atoms with Crippen LogP contribution in [0.4, 0.5) is 5.95 Å². The van der Waals surface area contributed by atoms with Crippen LogP contribution in [0.1, 0.15) is 58.8 Å². The normalized spacial score (nSPS) is 19.4. The van der Waals surface area contributed by atoms with E-state index in [1.807, 2.05) is 6.07 Å². The predicted octanol–water partition coefficient (Wildman–Crippen LogP) is 3.17. The Morgan fingerprint density at radius 3 is 2.87 bits per heavy atom. The van der Waals surface area contributed by atoms with E-state index in [-0.39, 0.29) is 17.9 Å². The Bertz CT molecular complexity index is 465. The Labute approximate surface area is 139 Å². The maximum absolute atomic E-state index is 12.5. The molecule has 1 amide bonds. The van der Waals surface area contributed by atoms with Crippen LogP contribution in [0.2, 0.25) is 0 Å². The minimum absolute atomic E-state index is 0.0469. The molecule has 1 aliphatic heterocycles. The average Bonchev–Trinajstić information content (AvgIpc) is 2.59. The second kappa shape index (κ2) is 9.48. The van der Waals surface area contributed by atoms with Crippen LogP contribution in [0.3, 0.4) is 0 Å². The zero-order valence-electron chi connectivity index (χ0n) is 14.5. The highest BCUT2D eigenvalue weighted by Gasteiger charge is 2.27. The molecule has 5 nitrogen and oxygen atoms in total. The molecule has 0 radical (unpaired) electrons. The number of unbranched alkanes of at least 4 members (excludes halogenated alkanes) is 3. The minimum Gasteiger partial charge on any atom is -0.353 e. The molecule has 0 bridgehead atoms. The van der Waals surface area contributed by atoms with E-state index in [0.717, 1.165) is 38.3 Å². The van der Waals surface area contributed by atoms with E-state index in [1.165, 1.54) is 25.7 Å². The molecule has 2 unspecified atom stereocenters. The van der Waals surface area contributed by atoms with Gasteiger partial charge in [-0.2, -0.15) is 0 Å². The summed E-state index contributed by atoms with van der Waals surface area (Å²) in [7, 11) is 0. The van der Waals surface area contributed by atoms with Crippen LogP contribution in [0.5, 0.6) is 0 Å². The van der Waals surface area contributed by atoms with Crippen LogP contribution in [0, 0.1) is 5.92 Å². The Hall–Kier alpha value is -1.65. The molecule has 128 valence electrons. The topological polar surface area (TPSA) is 58.1 Å². The summed E-state index contributed by atoms with van der Waals surface area (Å²) in [6.45, 7) is 5.99. The lowest BCUT2D eigenvalue weighted by Crippen LogP contribution is -2.45. The predicted molar refractivity (Wildman–Crippen MR) is 93.3 cm³/mol. The van der Waals surface area contributed by atoms with Crippen LogP contribution in [-0.2, 0) is 4.79 Å². The average molecular weight is 318 g/mol. The van der Waals surface area contributed by atoms with E-state index in [0.29, 0.717) is 0 Å². The van der Waals surface area contributed by atoms with Crippen LogP contribution in [0.25, 0.3) is 0 Å². The first-order chi connectivity index (χ1) is 11.2. The standard InChI is InChI=1S/C18H30N4O/c1-3-4-5-6-9-15(2)21-17(23)16-10-7-13-22(14-16)18-19-11-8-12-20-18/h8,11-12,15-16H,3-7,9-10,13-14H2,1-2H3,(H,21,23). The molecule has 0 spiro atoms. The maximum atomic E-state index is 12.5. The number of amides is 1. The zero-order valence-corrected chi connectivity index (χ0v) is 14.5. The Morgan fingerprint density at radius 2 is 2.13 bits per heavy atom. The fourth-order valence-electron chi connectivity index (χ4n) is 3.14. The molecule has 0 saturated carbocycles. The SMILES string of the molecule is CCCCCCC(C)NC(=O)C1CCCN(c2ncccn2)C1. The summed E-state index contributed by atoms with van der Waals surface area (Å²) in [6, 6.07) is 2.08. The molecule has 23 heavy (non-hydrogen) atoms. The Kier molecular flexibility index (Phi) is 7.30. The lowest BCUT2D eigenvalue weighted by molar-refractivity contribution is -0.125. The van der Waals surface area contributed by atoms with Crippen molar-refractivity contribution >= 4 is 11.9 Å². The Morgan fingerprint density at radius 1 is 1.35 bits per heavy atom. The monoisotopic (exact) mass is 318 g/mol. The van der Waals surface area contributed by atoms with Gasteiger partial charge in [-0.1, -0.05) is 32.6 Å². The highest BCUT2D eigenvalue weighted by Crippen LogP contribution is 2.20. The van der Waals surface area contributed by atoms with Crippen molar-refractivity contribution in [3.63, 3.8) is 0 Å². The summed E-state index contributed by atoms with van der Waals surface area (Å²) in [5.41, 5.74) is 0. The van der Waals surface area contributed by atoms with Gasteiger partial charge in [-0.15, -0.1) is 0 Å². The molecule has 2 rings (SSSR count). The fourth-order valence-corrected chi connectivity index (χ4v) is 3.14. The number of hydrogen-bond donors (Lipinski definition) is 1. The van der Waals surface area contributed by atoms with Gasteiger partial charge < -0.3 is 10.2 Å². The van der Waals surface area contributed by atoms with Crippen molar-refractivity contribution in [1.82, 2.24) is 15.3 Å². The van der Waals surface area contributed by atoms with Crippen molar-refractivity contribution in [1.29, 1.82) is 0 Å². The fraction of sp³-hybridized carbons (Fsp3) is 0.722. The van der Waals surface area contributed by atoms with Crippen LogP contribution in [0.15, 0.2) is 18.5 Å². The first kappa shape index (κ1) is 17.7. The van der Waals surface area contributed by atoms with E-state index in [2.05, 4.69) is 34.0 Å². The number of nitrogens with one attached hydrogen (secondary N) is 1. The molecular formula is C18H30N4O. The van der Waals surface area contributed by atoms with Gasteiger partial charge in [0, 0.05) is 31.5 Å². The molecule has 2 heterocycles. The molecule has 0 aromatic carbocycles. The highest BCUT2D eigenvalue weighted by molar-refractivity contribution is 5.79. The van der Waals surface area contributed by atoms with Crippen molar-refractivity contribution in [2.75, 3.05) is 18.0 Å². The van der Waals surface area contributed by atoms with Gasteiger partial charge >= 0.3 is 0 Å². The largest absolute Gasteiger partial charge is 0.353 e. The smallest absolute Gasteiger partial charge is 0.225 e. The third-order valence-corrected chi connectivity index (χ3v) is 4.51. The third-order valence-electron chi connectivity index (χ3n) is 4.51. The van der Waals surface area contributed by atoms with E-state index in [1.54, 1.807) is 12.4 Å². The van der Waals surface area contributed by atoms with Gasteiger partial charge in [0.25, 0.3) is 0 Å². The summed E-state index contributed by atoms with van der Waals surface area (Å²) in [4.78, 5) is 23.2. The van der Waals surface area contributed by atoms with Gasteiger partial charge in [-0.05, 0) is 32.3 Å². The first-order valence-corrected chi connectivity index (χ1v) is 9.03. The summed E-state index contributed by atoms with van der Waals surface area (Å²) in [6.07, 6.45) is 11.6. The number of carbonyl (C=O) groups excluding carboxylic acids is 1. The number of rotatable bonds is 8. The van der Waals surface area contributed by atoms with Crippen LogP contribution < -0.4 is 10.2 Å². The zero-order chi connectivity index (χ0) is 16.5. The summed E-state index contributed by atoms with van der Waals surface area (Å²) < 4.78 is 0. The number of hydrogen-bond acceptors (Lipinski definition) is 4. The number of aromatic nitrogens is 2. The first-order valence-electron chi connectivity index (χ1n) is 9.03. The van der Waals surface area contributed by atoms with Gasteiger partial charge in [0.05, 0.1) is 5.92 Å². The molecule has 1 aromatic heterocycles. The quantitative estimate of drug-likeness (QED) is 0.748. The molecular weight excluding hydrogens is 288 g/mol. The van der Waals surface area contributed by atoms with E-state index >= 15 is 0 Å². The molecule has 1 fully saturated rings. The van der Waals surface area contributed by atoms with E-state index < -0.39 is 0 Å². The maximum Gasteiger partial charge on any atom is 0.225 e. The molecule has 2 atom stereocenters. The van der Waals surface area contributed by atoms with Crippen LogP contribution in [-0.4, -0.2) is 35.0 Å². The van der Waals surface area contributed by atoms with Crippen molar-refractivity contribution < 1.29 is 4.79 Å². The van der Waals surface area contributed by atoms with E-state index in [9.17, 15) is 4.79 Å². The molecule has 1 aliphatic rings. The van der Waals surface area contributed by atoms with Gasteiger partial charge in [0.15, 0.2) is 0 Å². The molecule has 1 N–H and O–H groups in total. The number of carbonyl (C=O) groups is 1. The van der Waals surface area contributed by atoms with Gasteiger partial charge in [0.1, 0.15) is 0 Å². The number of piperidine rings is 1. The lowest BCUT2D eigenvalue weighted by Gasteiger charge is -2.32. The minimum atomic E-state index is 0.0469. The molecule has 5 heteroatoms.